The molecule has 126 valence electrons. The molecule has 0 heterocycles. The van der Waals surface area contributed by atoms with Gasteiger partial charge in [-0.15, -0.1) is 0 Å². The number of benzene rings is 2. The molecule has 0 saturated heterocycles. The van der Waals surface area contributed by atoms with Crippen LogP contribution in [0.5, 0.6) is 0 Å². The number of rotatable bonds is 6. The summed E-state index contributed by atoms with van der Waals surface area (Å²) in [5, 5.41) is 6.01. The molecule has 2 aromatic carbocycles. The predicted octanol–water partition coefficient (Wildman–Crippen LogP) is 4.10. The highest BCUT2D eigenvalue weighted by molar-refractivity contribution is 9.10. The Bertz CT molecular complexity index is 736. The van der Waals surface area contributed by atoms with Crippen LogP contribution in [0.1, 0.15) is 35.3 Å². The molecule has 0 radical (unpaired) electrons. The molecule has 0 aliphatic carbocycles. The minimum atomic E-state index is -0.285. The standard InChI is InChI=1S/C18H18BrClN2O2/c1-12(13-6-2-4-8-15(13)19)22-17(23)10-11-21-18(24)14-7-3-5-9-16(14)20/h2-9,12H,10-11H2,1H3,(H,21,24)(H,22,23)/t12-/m0/s1. The summed E-state index contributed by atoms with van der Waals surface area (Å²) in [4.78, 5) is 24.0. The van der Waals surface area contributed by atoms with Crippen molar-refractivity contribution < 1.29 is 9.59 Å². The third kappa shape index (κ3) is 5.08. The van der Waals surface area contributed by atoms with Crippen LogP contribution in [0.15, 0.2) is 53.0 Å². The maximum atomic E-state index is 12.0. The van der Waals surface area contributed by atoms with E-state index < -0.39 is 0 Å². The lowest BCUT2D eigenvalue weighted by atomic mass is 10.1. The quantitative estimate of drug-likeness (QED) is 0.754. The molecule has 0 aliphatic heterocycles. The van der Waals surface area contributed by atoms with Gasteiger partial charge in [0.1, 0.15) is 0 Å². The molecule has 0 bridgehead atoms. The van der Waals surface area contributed by atoms with Crippen molar-refractivity contribution in [3.8, 4) is 0 Å². The van der Waals surface area contributed by atoms with E-state index in [2.05, 4.69) is 26.6 Å². The summed E-state index contributed by atoms with van der Waals surface area (Å²) >= 11 is 9.44. The average Bonchev–Trinajstić information content (AvgIpc) is 2.55. The van der Waals surface area contributed by atoms with Gasteiger partial charge in [0.15, 0.2) is 0 Å². The highest BCUT2D eigenvalue weighted by atomic mass is 79.9. The Labute approximate surface area is 154 Å². The van der Waals surface area contributed by atoms with E-state index in [0.717, 1.165) is 10.0 Å². The molecular formula is C18H18BrClN2O2. The van der Waals surface area contributed by atoms with E-state index in [0.29, 0.717) is 10.6 Å². The molecule has 2 aromatic rings. The van der Waals surface area contributed by atoms with Crippen LogP contribution in [0.25, 0.3) is 0 Å². The van der Waals surface area contributed by atoms with Crippen LogP contribution in [0.2, 0.25) is 5.02 Å². The number of carbonyl (C=O) groups excluding carboxylic acids is 2. The van der Waals surface area contributed by atoms with Crippen molar-refractivity contribution in [1.29, 1.82) is 0 Å². The van der Waals surface area contributed by atoms with Gasteiger partial charge < -0.3 is 10.6 Å². The van der Waals surface area contributed by atoms with E-state index in [1.165, 1.54) is 0 Å². The molecule has 4 nitrogen and oxygen atoms in total. The van der Waals surface area contributed by atoms with Gasteiger partial charge >= 0.3 is 0 Å². The molecule has 0 saturated carbocycles. The predicted molar refractivity (Wildman–Crippen MR) is 99.1 cm³/mol. The van der Waals surface area contributed by atoms with Crippen molar-refractivity contribution >= 4 is 39.3 Å². The van der Waals surface area contributed by atoms with E-state index in [4.69, 9.17) is 11.6 Å². The van der Waals surface area contributed by atoms with Crippen molar-refractivity contribution in [2.45, 2.75) is 19.4 Å². The minimum absolute atomic E-state index is 0.118. The first-order valence-electron chi connectivity index (χ1n) is 7.55. The summed E-state index contributed by atoms with van der Waals surface area (Å²) in [6.45, 7) is 2.17. The number of halogens is 2. The van der Waals surface area contributed by atoms with Crippen LogP contribution in [-0.4, -0.2) is 18.4 Å². The summed E-state index contributed by atoms with van der Waals surface area (Å²) in [6.07, 6.45) is 0.199. The molecule has 0 spiro atoms. The van der Waals surface area contributed by atoms with Crippen LogP contribution >= 0.6 is 27.5 Å². The SMILES string of the molecule is C[C@H](NC(=O)CCNC(=O)c1ccccc1Cl)c1ccccc1Br. The fourth-order valence-corrected chi connectivity index (χ4v) is 3.10. The Morgan fingerprint density at radius 2 is 1.79 bits per heavy atom. The lowest BCUT2D eigenvalue weighted by Gasteiger charge is -2.16. The van der Waals surface area contributed by atoms with Crippen LogP contribution < -0.4 is 10.6 Å². The first kappa shape index (κ1) is 18.5. The van der Waals surface area contributed by atoms with Gasteiger partial charge in [-0.25, -0.2) is 0 Å². The molecule has 0 aromatic heterocycles. The third-order valence-corrected chi connectivity index (χ3v) is 4.56. The number of hydrogen-bond acceptors (Lipinski definition) is 2. The zero-order valence-corrected chi connectivity index (χ0v) is 15.5. The summed E-state index contributed by atoms with van der Waals surface area (Å²) in [6, 6.07) is 14.4. The molecule has 24 heavy (non-hydrogen) atoms. The molecule has 2 rings (SSSR count). The first-order valence-corrected chi connectivity index (χ1v) is 8.72. The largest absolute Gasteiger partial charge is 0.351 e. The van der Waals surface area contributed by atoms with Gasteiger partial charge in [-0.3, -0.25) is 9.59 Å². The summed E-state index contributed by atoms with van der Waals surface area (Å²) in [5.74, 6) is -0.412. The summed E-state index contributed by atoms with van der Waals surface area (Å²) in [7, 11) is 0. The number of nitrogens with one attached hydrogen (secondary N) is 2. The van der Waals surface area contributed by atoms with Crippen LogP contribution in [0.4, 0.5) is 0 Å². The van der Waals surface area contributed by atoms with E-state index in [-0.39, 0.29) is 30.8 Å². The second-order valence-corrected chi connectivity index (χ2v) is 6.56. The third-order valence-electron chi connectivity index (χ3n) is 3.51. The molecule has 0 fully saturated rings. The lowest BCUT2D eigenvalue weighted by Crippen LogP contribution is -2.32. The topological polar surface area (TPSA) is 58.2 Å². The summed E-state index contributed by atoms with van der Waals surface area (Å²) in [5.41, 5.74) is 1.41. The number of amides is 2. The van der Waals surface area contributed by atoms with Crippen molar-refractivity contribution in [3.63, 3.8) is 0 Å². The number of hydrogen-bond donors (Lipinski definition) is 2. The Hall–Kier alpha value is -1.85. The second kappa shape index (κ2) is 8.85. The van der Waals surface area contributed by atoms with Crippen molar-refractivity contribution in [1.82, 2.24) is 10.6 Å². The molecule has 0 aliphatic rings. The monoisotopic (exact) mass is 408 g/mol. The Balaban J connectivity index is 1.80. The van der Waals surface area contributed by atoms with Crippen LogP contribution in [0.3, 0.4) is 0 Å². The van der Waals surface area contributed by atoms with Crippen LogP contribution in [0, 0.1) is 0 Å². The van der Waals surface area contributed by atoms with Gasteiger partial charge in [0.2, 0.25) is 5.91 Å². The smallest absolute Gasteiger partial charge is 0.252 e. The molecule has 2 amide bonds. The fraction of sp³-hybridized carbons (Fsp3) is 0.222. The van der Waals surface area contributed by atoms with Gasteiger partial charge in [-0.2, -0.15) is 0 Å². The fourth-order valence-electron chi connectivity index (χ4n) is 2.25. The zero-order valence-electron chi connectivity index (χ0n) is 13.2. The van der Waals surface area contributed by atoms with Crippen LogP contribution in [-0.2, 0) is 4.79 Å². The maximum absolute atomic E-state index is 12.0. The normalized spacial score (nSPS) is 11.6. The Morgan fingerprint density at radius 3 is 2.50 bits per heavy atom. The van der Waals surface area contributed by atoms with E-state index in [1.807, 2.05) is 31.2 Å². The lowest BCUT2D eigenvalue weighted by molar-refractivity contribution is -0.121. The molecule has 1 atom stereocenters. The maximum Gasteiger partial charge on any atom is 0.252 e. The van der Waals surface area contributed by atoms with Gasteiger partial charge in [0.05, 0.1) is 16.6 Å². The average molecular weight is 410 g/mol. The molecular weight excluding hydrogens is 392 g/mol. The minimum Gasteiger partial charge on any atom is -0.351 e. The van der Waals surface area contributed by atoms with E-state index in [9.17, 15) is 9.59 Å². The summed E-state index contributed by atoms with van der Waals surface area (Å²) < 4.78 is 0.949. The molecule has 0 unspecified atom stereocenters. The van der Waals surface area contributed by atoms with Crippen molar-refractivity contribution in [2.75, 3.05) is 6.54 Å². The Kier molecular flexibility index (Phi) is 6.82. The van der Waals surface area contributed by atoms with Crippen molar-refractivity contribution in [2.24, 2.45) is 0 Å². The van der Waals surface area contributed by atoms with Gasteiger partial charge in [0, 0.05) is 17.4 Å². The molecule has 2 N–H and O–H groups in total. The van der Waals surface area contributed by atoms with E-state index >= 15 is 0 Å². The molecule has 6 heteroatoms. The second-order valence-electron chi connectivity index (χ2n) is 5.30. The van der Waals surface area contributed by atoms with Crippen molar-refractivity contribution in [3.05, 3.63) is 69.2 Å². The zero-order chi connectivity index (χ0) is 17.5. The Morgan fingerprint density at radius 1 is 1.12 bits per heavy atom. The van der Waals surface area contributed by atoms with Gasteiger partial charge in [-0.05, 0) is 30.7 Å². The highest BCUT2D eigenvalue weighted by Gasteiger charge is 2.13. The highest BCUT2D eigenvalue weighted by Crippen LogP contribution is 2.22. The van der Waals surface area contributed by atoms with Gasteiger partial charge in [0.25, 0.3) is 5.91 Å². The first-order chi connectivity index (χ1) is 11.5. The van der Waals surface area contributed by atoms with E-state index in [1.54, 1.807) is 24.3 Å². The van der Waals surface area contributed by atoms with Gasteiger partial charge in [-0.1, -0.05) is 57.9 Å². The number of carbonyl (C=O) groups is 2.